The van der Waals surface area contributed by atoms with Crippen molar-refractivity contribution in [1.82, 2.24) is 19.3 Å². The molecule has 130 valence electrons. The van der Waals surface area contributed by atoms with Crippen molar-refractivity contribution in [2.45, 2.75) is 38.6 Å². The first-order valence-electron chi connectivity index (χ1n) is 8.38. The van der Waals surface area contributed by atoms with Crippen molar-refractivity contribution >= 4 is 28.4 Å². The normalized spacial score (nSPS) is 18.0. The Bertz CT molecular complexity index is 670. The lowest BCUT2D eigenvalue weighted by Gasteiger charge is -2.32. The van der Waals surface area contributed by atoms with Crippen LogP contribution in [0.3, 0.4) is 0 Å². The van der Waals surface area contributed by atoms with Crippen LogP contribution in [0.5, 0.6) is 0 Å². The number of anilines is 3. The Labute approximate surface area is 147 Å². The highest BCUT2D eigenvalue weighted by Crippen LogP contribution is 2.25. The Hall–Kier alpha value is -1.96. The molecular weight excluding hydrogens is 322 g/mol. The summed E-state index contributed by atoms with van der Waals surface area (Å²) < 4.78 is 4.47. The van der Waals surface area contributed by atoms with Gasteiger partial charge >= 0.3 is 0 Å². The monoisotopic (exact) mass is 347 g/mol. The van der Waals surface area contributed by atoms with Crippen molar-refractivity contribution in [1.29, 1.82) is 0 Å². The molecule has 7 nitrogen and oxygen atoms in total. The van der Waals surface area contributed by atoms with Gasteiger partial charge in [-0.05, 0) is 18.9 Å². The molecular formula is C16H25N7S. The van der Waals surface area contributed by atoms with Crippen LogP contribution in [0.15, 0.2) is 12.3 Å². The predicted molar refractivity (Wildman–Crippen MR) is 99.2 cm³/mol. The van der Waals surface area contributed by atoms with E-state index in [-0.39, 0.29) is 0 Å². The molecule has 24 heavy (non-hydrogen) atoms. The molecule has 1 fully saturated rings. The van der Waals surface area contributed by atoms with E-state index >= 15 is 0 Å². The Balaban J connectivity index is 1.66. The van der Waals surface area contributed by atoms with Gasteiger partial charge in [0.15, 0.2) is 0 Å². The van der Waals surface area contributed by atoms with Gasteiger partial charge in [0.1, 0.15) is 11.6 Å². The minimum Gasteiger partial charge on any atom is -0.363 e. The van der Waals surface area contributed by atoms with E-state index in [1.165, 1.54) is 11.5 Å². The molecule has 8 heteroatoms. The molecule has 0 amide bonds. The molecule has 3 rings (SSSR count). The van der Waals surface area contributed by atoms with E-state index in [9.17, 15) is 0 Å². The molecule has 2 aromatic rings. The molecule has 0 aliphatic carbocycles. The summed E-state index contributed by atoms with van der Waals surface area (Å²) >= 11 is 1.50. The van der Waals surface area contributed by atoms with Crippen LogP contribution >= 0.6 is 11.5 Å². The van der Waals surface area contributed by atoms with Crippen molar-refractivity contribution < 1.29 is 0 Å². The average molecular weight is 347 g/mol. The highest BCUT2D eigenvalue weighted by Gasteiger charge is 2.23. The Morgan fingerprint density at radius 1 is 1.33 bits per heavy atom. The topological polar surface area (TPSA) is 70.1 Å². The van der Waals surface area contributed by atoms with E-state index < -0.39 is 0 Å². The second kappa shape index (κ2) is 7.29. The van der Waals surface area contributed by atoms with Crippen LogP contribution in [-0.2, 0) is 0 Å². The summed E-state index contributed by atoms with van der Waals surface area (Å²) in [6.45, 7) is 6.19. The molecule has 1 aliphatic rings. The summed E-state index contributed by atoms with van der Waals surface area (Å²) in [6.07, 6.45) is 4.04. The first-order chi connectivity index (χ1) is 11.5. The second-order valence-electron chi connectivity index (χ2n) is 6.65. The van der Waals surface area contributed by atoms with Crippen LogP contribution in [0.2, 0.25) is 0 Å². The molecule has 3 heterocycles. The van der Waals surface area contributed by atoms with Crippen molar-refractivity contribution in [2.75, 3.05) is 42.3 Å². The number of hydrogen-bond donors (Lipinski definition) is 1. The SMILES string of the molecule is CC(C)c1nsc(N2CCCC(Nc3nccc(N(C)C)n3)C2)n1. The van der Waals surface area contributed by atoms with E-state index in [4.69, 9.17) is 0 Å². The summed E-state index contributed by atoms with van der Waals surface area (Å²) in [7, 11) is 3.96. The summed E-state index contributed by atoms with van der Waals surface area (Å²) in [6, 6.07) is 2.23. The molecule has 0 bridgehead atoms. The lowest BCUT2D eigenvalue weighted by Crippen LogP contribution is -2.42. The molecule has 0 saturated carbocycles. The number of aromatic nitrogens is 4. The highest BCUT2D eigenvalue weighted by molar-refractivity contribution is 7.09. The van der Waals surface area contributed by atoms with Crippen molar-refractivity contribution in [3.63, 3.8) is 0 Å². The zero-order valence-electron chi connectivity index (χ0n) is 14.7. The van der Waals surface area contributed by atoms with E-state index in [1.807, 2.05) is 25.1 Å². The van der Waals surface area contributed by atoms with E-state index in [2.05, 4.69) is 43.4 Å². The van der Waals surface area contributed by atoms with Crippen LogP contribution in [0, 0.1) is 0 Å². The van der Waals surface area contributed by atoms with Gasteiger partial charge in [-0.25, -0.2) is 9.97 Å². The third kappa shape index (κ3) is 3.92. The fourth-order valence-corrected chi connectivity index (χ4v) is 3.55. The van der Waals surface area contributed by atoms with Gasteiger partial charge in [0, 0.05) is 56.9 Å². The van der Waals surface area contributed by atoms with E-state index in [0.717, 1.165) is 42.7 Å². The second-order valence-corrected chi connectivity index (χ2v) is 7.38. The lowest BCUT2D eigenvalue weighted by molar-refractivity contribution is 0.526. The smallest absolute Gasteiger partial charge is 0.224 e. The molecule has 0 spiro atoms. The standard InChI is InChI=1S/C16H25N7S/c1-11(2)14-20-16(24-21-14)23-9-5-6-12(10-23)18-15-17-8-7-13(19-15)22(3)4/h7-8,11-12H,5-6,9-10H2,1-4H3,(H,17,18,19). The summed E-state index contributed by atoms with van der Waals surface area (Å²) in [5, 5.41) is 4.49. The summed E-state index contributed by atoms with van der Waals surface area (Å²) in [5.74, 6) is 2.90. The maximum atomic E-state index is 4.68. The molecule has 1 aliphatic heterocycles. The van der Waals surface area contributed by atoms with Crippen LogP contribution in [0.25, 0.3) is 0 Å². The number of hydrogen-bond acceptors (Lipinski definition) is 8. The average Bonchev–Trinajstić information content (AvgIpc) is 3.06. The first kappa shape index (κ1) is 16.9. The van der Waals surface area contributed by atoms with Crippen LogP contribution in [-0.4, -0.2) is 52.6 Å². The third-order valence-electron chi connectivity index (χ3n) is 4.07. The van der Waals surface area contributed by atoms with Crippen molar-refractivity contribution in [3.8, 4) is 0 Å². The minimum atomic E-state index is 0.322. The fourth-order valence-electron chi connectivity index (χ4n) is 2.71. The van der Waals surface area contributed by atoms with Crippen LogP contribution < -0.4 is 15.1 Å². The predicted octanol–water partition coefficient (Wildman–Crippen LogP) is 2.60. The fraction of sp³-hybridized carbons (Fsp3) is 0.625. The zero-order chi connectivity index (χ0) is 17.1. The van der Waals surface area contributed by atoms with Crippen LogP contribution in [0.4, 0.5) is 16.9 Å². The largest absolute Gasteiger partial charge is 0.363 e. The Kier molecular flexibility index (Phi) is 5.13. The maximum absolute atomic E-state index is 4.68. The lowest BCUT2D eigenvalue weighted by atomic mass is 10.1. The maximum Gasteiger partial charge on any atom is 0.224 e. The quantitative estimate of drug-likeness (QED) is 0.891. The first-order valence-corrected chi connectivity index (χ1v) is 9.15. The number of piperidine rings is 1. The highest BCUT2D eigenvalue weighted by atomic mass is 32.1. The van der Waals surface area contributed by atoms with Gasteiger partial charge in [0.05, 0.1) is 0 Å². The molecule has 0 aromatic carbocycles. The molecule has 1 N–H and O–H groups in total. The molecule has 1 saturated heterocycles. The summed E-state index contributed by atoms with van der Waals surface area (Å²) in [4.78, 5) is 17.9. The minimum absolute atomic E-state index is 0.322. The van der Waals surface area contributed by atoms with Crippen LogP contribution in [0.1, 0.15) is 38.4 Å². The third-order valence-corrected chi connectivity index (χ3v) is 4.86. The zero-order valence-corrected chi connectivity index (χ0v) is 15.5. The Morgan fingerprint density at radius 3 is 2.88 bits per heavy atom. The van der Waals surface area contributed by atoms with Gasteiger partial charge in [0.2, 0.25) is 11.1 Å². The Morgan fingerprint density at radius 2 is 2.17 bits per heavy atom. The van der Waals surface area contributed by atoms with Gasteiger partial charge in [-0.1, -0.05) is 13.8 Å². The van der Waals surface area contributed by atoms with Gasteiger partial charge in [-0.3, -0.25) is 0 Å². The van der Waals surface area contributed by atoms with Gasteiger partial charge in [-0.2, -0.15) is 9.36 Å². The van der Waals surface area contributed by atoms with E-state index in [0.29, 0.717) is 17.9 Å². The van der Waals surface area contributed by atoms with E-state index in [1.54, 1.807) is 6.20 Å². The summed E-state index contributed by atoms with van der Waals surface area (Å²) in [5.41, 5.74) is 0. The van der Waals surface area contributed by atoms with Crippen molar-refractivity contribution in [3.05, 3.63) is 18.1 Å². The number of nitrogens with one attached hydrogen (secondary N) is 1. The van der Waals surface area contributed by atoms with Gasteiger partial charge in [0.25, 0.3) is 0 Å². The van der Waals surface area contributed by atoms with Crippen molar-refractivity contribution in [2.24, 2.45) is 0 Å². The van der Waals surface area contributed by atoms with Gasteiger partial charge in [-0.15, -0.1) is 0 Å². The number of nitrogens with zero attached hydrogens (tertiary/aromatic N) is 6. The number of rotatable bonds is 5. The molecule has 1 unspecified atom stereocenters. The molecule has 0 radical (unpaired) electrons. The molecule has 2 aromatic heterocycles. The molecule has 1 atom stereocenters. The van der Waals surface area contributed by atoms with Gasteiger partial charge < -0.3 is 15.1 Å².